The van der Waals surface area contributed by atoms with Crippen LogP contribution in [-0.4, -0.2) is 16.0 Å². The number of hydrogen-bond donors (Lipinski definition) is 2. The molecule has 1 fully saturated rings. The van der Waals surface area contributed by atoms with E-state index in [9.17, 15) is 0 Å². The first-order valence-corrected chi connectivity index (χ1v) is 7.52. The van der Waals surface area contributed by atoms with Gasteiger partial charge in [-0.1, -0.05) is 12.1 Å². The topological polar surface area (TPSA) is 40.7 Å². The molecule has 0 amide bonds. The number of imidazole rings is 1. The molecular formula is C15H15N3S. The maximum Gasteiger partial charge on any atom is 0.148 e. The van der Waals surface area contributed by atoms with Crippen molar-refractivity contribution in [1.29, 1.82) is 0 Å². The zero-order valence-corrected chi connectivity index (χ0v) is 11.3. The molecule has 0 spiro atoms. The molecule has 19 heavy (non-hydrogen) atoms. The second kappa shape index (κ2) is 4.47. The van der Waals surface area contributed by atoms with Gasteiger partial charge in [-0.3, -0.25) is 0 Å². The third kappa shape index (κ3) is 2.29. The van der Waals surface area contributed by atoms with Crippen molar-refractivity contribution in [2.24, 2.45) is 0 Å². The molecule has 2 N–H and O–H groups in total. The zero-order valence-electron chi connectivity index (χ0n) is 10.5. The zero-order chi connectivity index (χ0) is 12.7. The number of thiophene rings is 1. The molecule has 1 aromatic carbocycles. The van der Waals surface area contributed by atoms with Gasteiger partial charge in [-0.2, -0.15) is 0 Å². The Kier molecular flexibility index (Phi) is 2.64. The molecule has 0 atom stereocenters. The number of aromatic nitrogens is 2. The summed E-state index contributed by atoms with van der Waals surface area (Å²) >= 11 is 1.71. The Morgan fingerprint density at radius 2 is 2.26 bits per heavy atom. The Bertz CT molecular complexity index is 695. The third-order valence-electron chi connectivity index (χ3n) is 3.47. The van der Waals surface area contributed by atoms with E-state index in [-0.39, 0.29) is 0 Å². The molecule has 4 rings (SSSR count). The summed E-state index contributed by atoms with van der Waals surface area (Å²) in [5.74, 6) is 0.970. The first-order chi connectivity index (χ1) is 9.38. The lowest BCUT2D eigenvalue weighted by Crippen LogP contribution is -2.15. The maximum absolute atomic E-state index is 4.64. The summed E-state index contributed by atoms with van der Waals surface area (Å²) in [5, 5.41) is 5.62. The van der Waals surface area contributed by atoms with Crippen molar-refractivity contribution >= 4 is 22.4 Å². The second-order valence-corrected chi connectivity index (χ2v) is 6.02. The molecule has 3 aromatic rings. The largest absolute Gasteiger partial charge is 0.337 e. The van der Waals surface area contributed by atoms with Gasteiger partial charge in [-0.05, 0) is 42.0 Å². The van der Waals surface area contributed by atoms with E-state index in [1.165, 1.54) is 23.3 Å². The van der Waals surface area contributed by atoms with E-state index in [0.29, 0.717) is 0 Å². The number of benzene rings is 1. The van der Waals surface area contributed by atoms with Gasteiger partial charge in [0, 0.05) is 12.6 Å². The summed E-state index contributed by atoms with van der Waals surface area (Å²) in [6, 6.07) is 11.4. The first kappa shape index (κ1) is 11.2. The fourth-order valence-electron chi connectivity index (χ4n) is 2.25. The van der Waals surface area contributed by atoms with Crippen LogP contribution in [0.1, 0.15) is 18.4 Å². The third-order valence-corrected chi connectivity index (χ3v) is 4.35. The summed E-state index contributed by atoms with van der Waals surface area (Å²) < 4.78 is 0. The fourth-order valence-corrected chi connectivity index (χ4v) is 2.92. The summed E-state index contributed by atoms with van der Waals surface area (Å²) in [7, 11) is 0. The van der Waals surface area contributed by atoms with Gasteiger partial charge >= 0.3 is 0 Å². The van der Waals surface area contributed by atoms with Crippen molar-refractivity contribution in [1.82, 2.24) is 15.3 Å². The van der Waals surface area contributed by atoms with Crippen molar-refractivity contribution in [3.05, 3.63) is 41.3 Å². The van der Waals surface area contributed by atoms with Crippen molar-refractivity contribution < 1.29 is 0 Å². The Balaban J connectivity index is 1.64. The van der Waals surface area contributed by atoms with Gasteiger partial charge in [0.2, 0.25) is 0 Å². The van der Waals surface area contributed by atoms with Crippen LogP contribution >= 0.6 is 11.3 Å². The SMILES string of the molecule is c1csc(-c2nc3ccc(CNC4CC4)cc3[nH]2)c1. The van der Waals surface area contributed by atoms with Crippen LogP contribution in [0.2, 0.25) is 0 Å². The standard InChI is InChI=1S/C15H15N3S/c1-2-14(19-7-1)15-17-12-6-3-10(8-13(12)18-15)9-16-11-4-5-11/h1-3,6-8,11,16H,4-5,9H2,(H,17,18). The van der Waals surface area contributed by atoms with Crippen LogP contribution in [0.3, 0.4) is 0 Å². The Labute approximate surface area is 115 Å². The van der Waals surface area contributed by atoms with Crippen molar-refractivity contribution in [3.63, 3.8) is 0 Å². The van der Waals surface area contributed by atoms with E-state index in [1.807, 2.05) is 0 Å². The van der Waals surface area contributed by atoms with Gasteiger partial charge in [0.25, 0.3) is 0 Å². The number of fused-ring (bicyclic) bond motifs is 1. The summed E-state index contributed by atoms with van der Waals surface area (Å²) in [6.45, 7) is 0.952. The lowest BCUT2D eigenvalue weighted by atomic mass is 10.2. The molecule has 0 unspecified atom stereocenters. The normalized spacial score (nSPS) is 15.2. The molecule has 0 saturated heterocycles. The number of hydrogen-bond acceptors (Lipinski definition) is 3. The van der Waals surface area contributed by atoms with Crippen LogP contribution < -0.4 is 5.32 Å². The van der Waals surface area contributed by atoms with E-state index < -0.39 is 0 Å². The number of rotatable bonds is 4. The minimum absolute atomic E-state index is 0.749. The molecule has 96 valence electrons. The van der Waals surface area contributed by atoms with Crippen LogP contribution in [0.15, 0.2) is 35.7 Å². The van der Waals surface area contributed by atoms with E-state index in [1.54, 1.807) is 11.3 Å². The molecule has 0 radical (unpaired) electrons. The highest BCUT2D eigenvalue weighted by atomic mass is 32.1. The molecule has 4 heteroatoms. The number of H-pyrrole nitrogens is 1. The van der Waals surface area contributed by atoms with E-state index in [0.717, 1.165) is 29.4 Å². The van der Waals surface area contributed by atoms with Crippen LogP contribution in [-0.2, 0) is 6.54 Å². The highest BCUT2D eigenvalue weighted by molar-refractivity contribution is 7.13. The number of aromatic amines is 1. The van der Waals surface area contributed by atoms with Crippen LogP contribution in [0.25, 0.3) is 21.7 Å². The van der Waals surface area contributed by atoms with Gasteiger partial charge in [0.15, 0.2) is 0 Å². The summed E-state index contributed by atoms with van der Waals surface area (Å²) in [4.78, 5) is 9.24. The molecular weight excluding hydrogens is 254 g/mol. The predicted octanol–water partition coefficient (Wildman–Crippen LogP) is 3.54. The van der Waals surface area contributed by atoms with Crippen LogP contribution in [0.4, 0.5) is 0 Å². The van der Waals surface area contributed by atoms with Gasteiger partial charge in [-0.25, -0.2) is 4.98 Å². The molecule has 1 saturated carbocycles. The number of nitrogens with one attached hydrogen (secondary N) is 2. The average Bonchev–Trinajstić information content (AvgIpc) is 2.92. The molecule has 0 bridgehead atoms. The smallest absolute Gasteiger partial charge is 0.148 e. The Hall–Kier alpha value is -1.65. The quantitative estimate of drug-likeness (QED) is 0.760. The maximum atomic E-state index is 4.64. The highest BCUT2D eigenvalue weighted by Crippen LogP contribution is 2.25. The molecule has 1 aliphatic rings. The summed E-state index contributed by atoms with van der Waals surface area (Å²) in [6.07, 6.45) is 2.66. The minimum Gasteiger partial charge on any atom is -0.337 e. The molecule has 0 aliphatic heterocycles. The van der Waals surface area contributed by atoms with Gasteiger partial charge in [0.05, 0.1) is 15.9 Å². The van der Waals surface area contributed by atoms with Crippen LogP contribution in [0, 0.1) is 0 Å². The van der Waals surface area contributed by atoms with E-state index in [2.05, 4.69) is 51.0 Å². The monoisotopic (exact) mass is 269 g/mol. The van der Waals surface area contributed by atoms with Gasteiger partial charge in [-0.15, -0.1) is 11.3 Å². The highest BCUT2D eigenvalue weighted by Gasteiger charge is 2.19. The van der Waals surface area contributed by atoms with Crippen molar-refractivity contribution in [2.75, 3.05) is 0 Å². The molecule has 1 aliphatic carbocycles. The average molecular weight is 269 g/mol. The predicted molar refractivity (Wildman–Crippen MR) is 79.3 cm³/mol. The molecule has 2 aromatic heterocycles. The molecule has 2 heterocycles. The number of nitrogens with zero attached hydrogens (tertiary/aromatic N) is 1. The lowest BCUT2D eigenvalue weighted by Gasteiger charge is -2.02. The van der Waals surface area contributed by atoms with E-state index >= 15 is 0 Å². The van der Waals surface area contributed by atoms with Crippen molar-refractivity contribution in [3.8, 4) is 10.7 Å². The van der Waals surface area contributed by atoms with Gasteiger partial charge < -0.3 is 10.3 Å². The van der Waals surface area contributed by atoms with Crippen LogP contribution in [0.5, 0.6) is 0 Å². The summed E-state index contributed by atoms with van der Waals surface area (Å²) in [5.41, 5.74) is 3.48. The Morgan fingerprint density at radius 3 is 3.05 bits per heavy atom. The second-order valence-electron chi connectivity index (χ2n) is 5.07. The Morgan fingerprint density at radius 1 is 1.32 bits per heavy atom. The van der Waals surface area contributed by atoms with Crippen molar-refractivity contribution in [2.45, 2.75) is 25.4 Å². The van der Waals surface area contributed by atoms with E-state index in [4.69, 9.17) is 0 Å². The lowest BCUT2D eigenvalue weighted by molar-refractivity contribution is 0.688. The molecule has 3 nitrogen and oxygen atoms in total. The minimum atomic E-state index is 0.749. The fraction of sp³-hybridized carbons (Fsp3) is 0.267. The van der Waals surface area contributed by atoms with Gasteiger partial charge in [0.1, 0.15) is 5.82 Å². The first-order valence-electron chi connectivity index (χ1n) is 6.64.